The third kappa shape index (κ3) is 13.6. The molecule has 2 aliphatic rings. The van der Waals surface area contributed by atoms with Gasteiger partial charge in [-0.3, -0.25) is 14.4 Å². The maximum atomic E-state index is 13.4. The lowest BCUT2D eigenvalue weighted by Crippen LogP contribution is -2.86. The fraction of sp³-hybridized carbons (Fsp3) is 0.262. The quantitative estimate of drug-likeness (QED) is 0.0769. The summed E-state index contributed by atoms with van der Waals surface area (Å²) in [5.41, 5.74) is 20.3. The van der Waals surface area contributed by atoms with Gasteiger partial charge in [0.2, 0.25) is 0 Å². The molecule has 4 aromatic carbocycles. The van der Waals surface area contributed by atoms with Gasteiger partial charge in [-0.15, -0.1) is 6.58 Å². The minimum absolute atomic E-state index is 0.216. The molecule has 2 saturated heterocycles. The third-order valence-corrected chi connectivity index (χ3v) is 14.7. The number of allylic oxidation sites excluding steroid dienone is 1. The molecule has 10 aromatic rings. The molecule has 0 saturated carbocycles. The smallest absolute Gasteiger partial charge is 0.323 e. The SMILES string of the molecule is C=CCn1c(C(=O)Nc2ccc(-c3nn(C4CC[NH2+]CC4)c4ncnc(N)c34)cc2OC)cc2ccccc21.CC(=O)[O-].CC(=O)[O-].COc1cc(-c2nn(C3CC[NH2+]CC3)c3ncnc(N)c23)ccc1NC(=O)c1cc2ccccc2n1CC(=O)O. The van der Waals surface area contributed by atoms with E-state index in [9.17, 15) is 19.5 Å². The molecule has 0 aliphatic carbocycles. The molecule has 0 radical (unpaired) electrons. The first-order valence-corrected chi connectivity index (χ1v) is 27.9. The molecule has 0 spiro atoms. The van der Waals surface area contributed by atoms with Gasteiger partial charge in [0.1, 0.15) is 65.1 Å². The van der Waals surface area contributed by atoms with E-state index in [1.54, 1.807) is 43.5 Å². The molecular weight excluding hydrogens is 1120 g/mol. The second-order valence-electron chi connectivity index (χ2n) is 20.5. The molecule has 450 valence electrons. The highest BCUT2D eigenvalue weighted by atomic mass is 16.5. The van der Waals surface area contributed by atoms with Crippen LogP contribution in [-0.4, -0.2) is 124 Å². The third-order valence-electron chi connectivity index (χ3n) is 14.7. The number of piperidine rings is 2. The lowest BCUT2D eigenvalue weighted by molar-refractivity contribution is -0.664. The maximum Gasteiger partial charge on any atom is 0.323 e. The van der Waals surface area contributed by atoms with Crippen molar-refractivity contribution in [2.75, 3.05) is 62.5 Å². The Morgan fingerprint density at radius 1 is 0.632 bits per heavy atom. The van der Waals surface area contributed by atoms with Crippen molar-refractivity contribution >= 4 is 96.6 Å². The number of carboxylic acids is 3. The first-order chi connectivity index (χ1) is 42.0. The normalized spacial score (nSPS) is 13.3. The number of carboxylic acid groups (broad SMARTS) is 3. The Morgan fingerprint density at radius 3 is 1.44 bits per heavy atom. The molecule has 0 bridgehead atoms. The average Bonchev–Trinajstić information content (AvgIpc) is 1.80. The standard InChI is InChI=1S/C29H30N8O2.C28H28N8O4.2C2H4O2/c1-3-14-36-22-7-5-4-6-18(22)15-23(36)29(38)34-21-9-8-19(16-24(21)39-2)26-25-27(30)32-17-33-28(25)37(35-26)20-10-12-31-13-11-20;1-40-22-13-17(25-24-26(29)31-15-32-27(24)36(34-25)18-8-10-30-11-9-18)6-7-19(22)33-28(39)21-12-16-4-2-3-5-20(16)35(21)14-23(37)38;2*1-2(3)4/h3-9,15-17,20,31H,1,10-14H2,2H3,(H,34,38)(H2,30,32,33);2-7,12-13,15,18,30H,8-11,14H2,1H3,(H,33,39)(H,37,38)(H2,29,31,32);2*1H3,(H,3,4). The molecule has 2 fully saturated rings. The number of rotatable bonds is 14. The van der Waals surface area contributed by atoms with E-state index in [0.29, 0.717) is 74.7 Å². The highest BCUT2D eigenvalue weighted by Crippen LogP contribution is 2.39. The Morgan fingerprint density at radius 2 is 1.03 bits per heavy atom. The topological polar surface area (TPSA) is 377 Å². The van der Waals surface area contributed by atoms with Gasteiger partial charge in [0.25, 0.3) is 11.8 Å². The number of nitrogens with one attached hydrogen (secondary N) is 2. The van der Waals surface area contributed by atoms with Crippen LogP contribution in [0.1, 0.15) is 72.6 Å². The second-order valence-corrected chi connectivity index (χ2v) is 20.5. The minimum atomic E-state index is -1.08. The van der Waals surface area contributed by atoms with Crippen LogP contribution in [0.4, 0.5) is 23.0 Å². The average molecular weight is 1180 g/mol. The van der Waals surface area contributed by atoms with E-state index in [4.69, 9.17) is 50.9 Å². The summed E-state index contributed by atoms with van der Waals surface area (Å²) in [5.74, 6) is -2.25. The van der Waals surface area contributed by atoms with Gasteiger partial charge in [-0.2, -0.15) is 10.2 Å². The number of aliphatic carboxylic acids is 3. The van der Waals surface area contributed by atoms with E-state index in [-0.39, 0.29) is 30.2 Å². The van der Waals surface area contributed by atoms with Crippen LogP contribution in [0.3, 0.4) is 0 Å². The maximum absolute atomic E-state index is 13.4. The van der Waals surface area contributed by atoms with Gasteiger partial charge in [0.15, 0.2) is 11.3 Å². The zero-order valence-corrected chi connectivity index (χ0v) is 48.3. The Kier molecular flexibility index (Phi) is 19.1. The molecule has 11 N–H and O–H groups in total. The molecule has 8 heterocycles. The van der Waals surface area contributed by atoms with E-state index in [1.807, 2.05) is 80.7 Å². The Bertz CT molecular complexity index is 4170. The summed E-state index contributed by atoms with van der Waals surface area (Å²) < 4.78 is 18.7. The Labute approximate surface area is 497 Å². The number of methoxy groups -OCH3 is 2. The number of quaternary nitrogens is 2. The van der Waals surface area contributed by atoms with Crippen molar-refractivity contribution in [1.82, 2.24) is 48.6 Å². The van der Waals surface area contributed by atoms with E-state index < -0.39 is 23.8 Å². The number of carbonyl (C=O) groups excluding carboxylic acids is 4. The monoisotopic (exact) mass is 1180 g/mol. The molecule has 2 aliphatic heterocycles. The van der Waals surface area contributed by atoms with E-state index in [0.717, 1.165) is 104 Å². The van der Waals surface area contributed by atoms with Gasteiger partial charge in [-0.05, 0) is 62.4 Å². The Balaban J connectivity index is 0.000000185. The van der Waals surface area contributed by atoms with Gasteiger partial charge in [0, 0.05) is 77.1 Å². The number of hydrogen-bond donors (Lipinski definition) is 7. The highest BCUT2D eigenvalue weighted by Gasteiger charge is 2.28. The summed E-state index contributed by atoms with van der Waals surface area (Å²) >= 11 is 0. The number of carbonyl (C=O) groups is 5. The molecule has 26 nitrogen and oxygen atoms in total. The van der Waals surface area contributed by atoms with Crippen molar-refractivity contribution in [3.05, 3.63) is 134 Å². The van der Waals surface area contributed by atoms with Crippen molar-refractivity contribution in [2.45, 2.75) is 64.7 Å². The molecule has 87 heavy (non-hydrogen) atoms. The number of benzene rings is 4. The number of amides is 2. The molecule has 12 rings (SSSR count). The number of nitrogens with two attached hydrogens (primary N) is 4. The number of anilines is 4. The zero-order valence-electron chi connectivity index (χ0n) is 48.3. The second kappa shape index (κ2) is 27.3. The first kappa shape index (κ1) is 60.8. The summed E-state index contributed by atoms with van der Waals surface area (Å²) in [4.78, 5) is 73.6. The van der Waals surface area contributed by atoms with Gasteiger partial charge >= 0.3 is 5.97 Å². The van der Waals surface area contributed by atoms with Crippen molar-refractivity contribution in [2.24, 2.45) is 0 Å². The minimum Gasteiger partial charge on any atom is -0.550 e. The fourth-order valence-corrected chi connectivity index (χ4v) is 10.9. The molecule has 2 amide bonds. The van der Waals surface area contributed by atoms with Crippen LogP contribution in [0.5, 0.6) is 11.5 Å². The summed E-state index contributed by atoms with van der Waals surface area (Å²) in [5, 5.41) is 50.8. The van der Waals surface area contributed by atoms with Gasteiger partial charge in [-0.25, -0.2) is 29.3 Å². The number of nitrogen functional groups attached to an aromatic ring is 2. The number of nitrogens with zero attached hydrogens (tertiary/aromatic N) is 10. The number of ether oxygens (including phenoxy) is 2. The summed E-state index contributed by atoms with van der Waals surface area (Å²) in [6.45, 7) is 10.1. The first-order valence-electron chi connectivity index (χ1n) is 27.9. The van der Waals surface area contributed by atoms with Crippen molar-refractivity contribution in [3.8, 4) is 34.0 Å². The van der Waals surface area contributed by atoms with Crippen LogP contribution in [0.2, 0.25) is 0 Å². The van der Waals surface area contributed by atoms with Crippen LogP contribution < -0.4 is 52.4 Å². The van der Waals surface area contributed by atoms with Gasteiger partial charge in [0.05, 0.1) is 74.6 Å². The van der Waals surface area contributed by atoms with Crippen LogP contribution in [0.15, 0.2) is 122 Å². The van der Waals surface area contributed by atoms with Crippen molar-refractivity contribution < 1.29 is 59.4 Å². The summed E-state index contributed by atoms with van der Waals surface area (Å²) in [6, 6.07) is 30.2. The van der Waals surface area contributed by atoms with Crippen molar-refractivity contribution in [3.63, 3.8) is 0 Å². The Hall–Kier alpha value is -10.7. The lowest BCUT2D eigenvalue weighted by Gasteiger charge is -2.21. The predicted octanol–water partition coefficient (Wildman–Crippen LogP) is 3.16. The molecule has 26 heteroatoms. The zero-order chi connectivity index (χ0) is 61.9. The largest absolute Gasteiger partial charge is 0.550 e. The number of hydrogen-bond acceptors (Lipinski definition) is 17. The van der Waals surface area contributed by atoms with Crippen LogP contribution in [0, 0.1) is 0 Å². The summed E-state index contributed by atoms with van der Waals surface area (Å²) in [6.07, 6.45) is 8.70. The van der Waals surface area contributed by atoms with Crippen LogP contribution >= 0.6 is 0 Å². The van der Waals surface area contributed by atoms with E-state index >= 15 is 0 Å². The number of aromatic nitrogens is 10. The predicted molar refractivity (Wildman–Crippen MR) is 322 cm³/mol. The molecule has 6 aromatic heterocycles. The van der Waals surface area contributed by atoms with Crippen LogP contribution in [0.25, 0.3) is 66.4 Å². The molecule has 0 unspecified atom stereocenters. The number of para-hydroxylation sites is 2. The lowest BCUT2D eigenvalue weighted by atomic mass is 10.1. The van der Waals surface area contributed by atoms with Crippen LogP contribution in [-0.2, 0) is 27.5 Å². The number of fused-ring (bicyclic) bond motifs is 4. The fourth-order valence-electron chi connectivity index (χ4n) is 10.9. The van der Waals surface area contributed by atoms with Gasteiger partial charge in [-0.1, -0.05) is 54.6 Å². The summed E-state index contributed by atoms with van der Waals surface area (Å²) in [7, 11) is 3.10. The molecule has 0 atom stereocenters. The van der Waals surface area contributed by atoms with E-state index in [1.165, 1.54) is 24.3 Å². The molecular formula is C61H66N16O10. The van der Waals surface area contributed by atoms with Gasteiger partial charge < -0.3 is 76.3 Å². The van der Waals surface area contributed by atoms with Crippen molar-refractivity contribution in [1.29, 1.82) is 0 Å². The van der Waals surface area contributed by atoms with E-state index in [2.05, 4.69) is 47.8 Å². The highest BCUT2D eigenvalue weighted by molar-refractivity contribution is 6.09.